The van der Waals surface area contributed by atoms with Gasteiger partial charge in [0.1, 0.15) is 17.5 Å². The first kappa shape index (κ1) is 15.4. The first-order chi connectivity index (χ1) is 10.0. The summed E-state index contributed by atoms with van der Waals surface area (Å²) >= 11 is 1.26. The van der Waals surface area contributed by atoms with Gasteiger partial charge in [-0.05, 0) is 29.8 Å². The summed E-state index contributed by atoms with van der Waals surface area (Å²) in [5.74, 6) is -1.58. The Morgan fingerprint density at radius 1 is 1.05 bits per heavy atom. The van der Waals surface area contributed by atoms with E-state index in [0.717, 1.165) is 23.8 Å². The van der Waals surface area contributed by atoms with Crippen LogP contribution in [0.2, 0.25) is 0 Å². The van der Waals surface area contributed by atoms with Crippen LogP contribution in [0, 0.1) is 17.5 Å². The van der Waals surface area contributed by atoms with Crippen LogP contribution in [0.1, 0.15) is 5.56 Å². The van der Waals surface area contributed by atoms with Crippen molar-refractivity contribution in [2.75, 3.05) is 11.1 Å². The largest absolute Gasteiger partial charge is 0.323 e. The molecule has 21 heavy (non-hydrogen) atoms. The number of benzene rings is 2. The molecule has 1 N–H and O–H groups in total. The van der Waals surface area contributed by atoms with Gasteiger partial charge >= 0.3 is 0 Å². The standard InChI is InChI=1S/C15H12F3NOS/c16-11-3-1-2-10(6-11)8-21-9-15(20)19-14-7-12(17)4-5-13(14)18/h1-7H,8-9H2,(H,19,20). The minimum Gasteiger partial charge on any atom is -0.323 e. The van der Waals surface area contributed by atoms with Crippen LogP contribution in [0.25, 0.3) is 0 Å². The minimum atomic E-state index is -0.695. The highest BCUT2D eigenvalue weighted by Gasteiger charge is 2.08. The molecule has 0 heterocycles. The fraction of sp³-hybridized carbons (Fsp3) is 0.133. The van der Waals surface area contributed by atoms with Gasteiger partial charge in [0.15, 0.2) is 0 Å². The summed E-state index contributed by atoms with van der Waals surface area (Å²) in [5.41, 5.74) is 0.566. The lowest BCUT2D eigenvalue weighted by molar-refractivity contribution is -0.113. The van der Waals surface area contributed by atoms with Crippen molar-refractivity contribution in [3.8, 4) is 0 Å². The lowest BCUT2D eigenvalue weighted by Crippen LogP contribution is -2.15. The number of carbonyl (C=O) groups is 1. The molecule has 2 aromatic carbocycles. The third-order valence-corrected chi connectivity index (χ3v) is 3.60. The molecule has 0 spiro atoms. The topological polar surface area (TPSA) is 29.1 Å². The Kier molecular flexibility index (Phi) is 5.27. The second kappa shape index (κ2) is 7.17. The highest BCUT2D eigenvalue weighted by Crippen LogP contribution is 2.17. The summed E-state index contributed by atoms with van der Waals surface area (Å²) in [7, 11) is 0. The third kappa shape index (κ3) is 4.82. The van der Waals surface area contributed by atoms with E-state index in [1.165, 1.54) is 23.9 Å². The SMILES string of the molecule is O=C(CSCc1cccc(F)c1)Nc1cc(F)ccc1F. The monoisotopic (exact) mass is 311 g/mol. The number of thioether (sulfide) groups is 1. The van der Waals surface area contributed by atoms with Crippen molar-refractivity contribution in [1.82, 2.24) is 0 Å². The zero-order valence-corrected chi connectivity index (χ0v) is 11.7. The summed E-state index contributed by atoms with van der Waals surface area (Å²) < 4.78 is 39.2. The molecule has 6 heteroatoms. The van der Waals surface area contributed by atoms with Gasteiger partial charge in [0, 0.05) is 11.8 Å². The number of nitrogens with one attached hydrogen (secondary N) is 1. The highest BCUT2D eigenvalue weighted by molar-refractivity contribution is 7.99. The van der Waals surface area contributed by atoms with Crippen LogP contribution < -0.4 is 5.32 Å². The average molecular weight is 311 g/mol. The summed E-state index contributed by atoms with van der Waals surface area (Å²) in [4.78, 5) is 11.6. The van der Waals surface area contributed by atoms with E-state index in [0.29, 0.717) is 5.75 Å². The van der Waals surface area contributed by atoms with Gasteiger partial charge < -0.3 is 5.32 Å². The number of anilines is 1. The van der Waals surface area contributed by atoms with E-state index in [1.807, 2.05) is 0 Å². The van der Waals surface area contributed by atoms with Gasteiger partial charge in [-0.15, -0.1) is 11.8 Å². The molecule has 110 valence electrons. The average Bonchev–Trinajstić information content (AvgIpc) is 2.43. The van der Waals surface area contributed by atoms with Gasteiger partial charge in [0.05, 0.1) is 11.4 Å². The molecule has 2 nitrogen and oxygen atoms in total. The molecule has 0 fully saturated rings. The molecule has 0 aliphatic carbocycles. The molecule has 0 bridgehead atoms. The van der Waals surface area contributed by atoms with Crippen molar-refractivity contribution in [3.63, 3.8) is 0 Å². The van der Waals surface area contributed by atoms with Crippen molar-refractivity contribution in [2.45, 2.75) is 5.75 Å². The molecule has 2 rings (SSSR count). The van der Waals surface area contributed by atoms with E-state index < -0.39 is 17.5 Å². The molecule has 1 amide bonds. The molecule has 0 saturated carbocycles. The lowest BCUT2D eigenvalue weighted by Gasteiger charge is -2.06. The zero-order chi connectivity index (χ0) is 15.2. The van der Waals surface area contributed by atoms with Crippen molar-refractivity contribution < 1.29 is 18.0 Å². The van der Waals surface area contributed by atoms with Crippen LogP contribution in [0.5, 0.6) is 0 Å². The van der Waals surface area contributed by atoms with Crippen LogP contribution in [0.4, 0.5) is 18.9 Å². The van der Waals surface area contributed by atoms with Crippen LogP contribution in [-0.4, -0.2) is 11.7 Å². The number of rotatable bonds is 5. The summed E-state index contributed by atoms with van der Waals surface area (Å²) in [6, 6.07) is 8.91. The molecular formula is C15H12F3NOS. The van der Waals surface area contributed by atoms with Crippen molar-refractivity contribution in [2.24, 2.45) is 0 Å². The third-order valence-electron chi connectivity index (χ3n) is 2.59. The highest BCUT2D eigenvalue weighted by atomic mass is 32.2. The quantitative estimate of drug-likeness (QED) is 0.905. The van der Waals surface area contributed by atoms with Gasteiger partial charge in [-0.3, -0.25) is 4.79 Å². The van der Waals surface area contributed by atoms with Gasteiger partial charge in [0.2, 0.25) is 5.91 Å². The maximum atomic E-state index is 13.3. The molecule has 0 atom stereocenters. The van der Waals surface area contributed by atoms with Crippen LogP contribution in [0.15, 0.2) is 42.5 Å². The Hall–Kier alpha value is -1.95. The summed E-state index contributed by atoms with van der Waals surface area (Å²) in [6.45, 7) is 0. The van der Waals surface area contributed by atoms with E-state index in [2.05, 4.69) is 5.32 Å². The summed E-state index contributed by atoms with van der Waals surface area (Å²) in [6.07, 6.45) is 0. The Labute approximate surface area is 124 Å². The van der Waals surface area contributed by atoms with Gasteiger partial charge in [0.25, 0.3) is 0 Å². The van der Waals surface area contributed by atoms with E-state index in [4.69, 9.17) is 0 Å². The number of hydrogen-bond acceptors (Lipinski definition) is 2. The number of amides is 1. The fourth-order valence-electron chi connectivity index (χ4n) is 1.67. The Bertz CT molecular complexity index is 649. The van der Waals surface area contributed by atoms with Gasteiger partial charge in [-0.2, -0.15) is 0 Å². The van der Waals surface area contributed by atoms with Crippen molar-refractivity contribution in [1.29, 1.82) is 0 Å². The van der Waals surface area contributed by atoms with Crippen molar-refractivity contribution in [3.05, 3.63) is 65.5 Å². The predicted molar refractivity (Wildman–Crippen MR) is 77.5 cm³/mol. The maximum Gasteiger partial charge on any atom is 0.234 e. The Morgan fingerprint density at radius 2 is 1.81 bits per heavy atom. The molecule has 0 unspecified atom stereocenters. The van der Waals surface area contributed by atoms with E-state index in [-0.39, 0.29) is 17.3 Å². The summed E-state index contributed by atoms with van der Waals surface area (Å²) in [5, 5.41) is 2.30. The van der Waals surface area contributed by atoms with Gasteiger partial charge in [-0.1, -0.05) is 12.1 Å². The van der Waals surface area contributed by atoms with E-state index in [1.54, 1.807) is 12.1 Å². The Balaban J connectivity index is 1.84. The minimum absolute atomic E-state index is 0.0620. The van der Waals surface area contributed by atoms with Crippen LogP contribution >= 0.6 is 11.8 Å². The molecule has 0 aliphatic rings. The van der Waals surface area contributed by atoms with Crippen LogP contribution in [-0.2, 0) is 10.5 Å². The molecule has 0 radical (unpaired) electrons. The molecule has 0 aliphatic heterocycles. The number of halogens is 3. The fourth-order valence-corrected chi connectivity index (χ4v) is 2.44. The smallest absolute Gasteiger partial charge is 0.234 e. The Morgan fingerprint density at radius 3 is 2.57 bits per heavy atom. The second-order valence-electron chi connectivity index (χ2n) is 4.30. The number of hydrogen-bond donors (Lipinski definition) is 1. The van der Waals surface area contributed by atoms with Crippen molar-refractivity contribution >= 4 is 23.4 Å². The molecule has 0 aromatic heterocycles. The molecule has 0 saturated heterocycles. The second-order valence-corrected chi connectivity index (χ2v) is 5.28. The van der Waals surface area contributed by atoms with E-state index in [9.17, 15) is 18.0 Å². The molecule has 2 aromatic rings. The first-order valence-electron chi connectivity index (χ1n) is 6.11. The maximum absolute atomic E-state index is 13.3. The normalized spacial score (nSPS) is 10.4. The van der Waals surface area contributed by atoms with E-state index >= 15 is 0 Å². The molecular weight excluding hydrogens is 299 g/mol. The van der Waals surface area contributed by atoms with Crippen LogP contribution in [0.3, 0.4) is 0 Å². The number of carbonyl (C=O) groups excluding carboxylic acids is 1. The first-order valence-corrected chi connectivity index (χ1v) is 7.27. The lowest BCUT2D eigenvalue weighted by atomic mass is 10.2. The van der Waals surface area contributed by atoms with Gasteiger partial charge in [-0.25, -0.2) is 13.2 Å². The zero-order valence-electron chi connectivity index (χ0n) is 10.9. The predicted octanol–water partition coefficient (Wildman–Crippen LogP) is 3.98.